The summed E-state index contributed by atoms with van der Waals surface area (Å²) in [6, 6.07) is 1.64. The summed E-state index contributed by atoms with van der Waals surface area (Å²) >= 11 is 0. The van der Waals surface area contributed by atoms with E-state index in [9.17, 15) is 4.39 Å². The molecule has 0 heterocycles. The Bertz CT molecular complexity index is 148. The van der Waals surface area contributed by atoms with Gasteiger partial charge in [-0.3, -0.25) is 0 Å². The highest BCUT2D eigenvalue weighted by atomic mass is 19.1. The fraction of sp³-hybridized carbons (Fsp3) is 0.500. The van der Waals surface area contributed by atoms with Crippen molar-refractivity contribution in [3.05, 3.63) is 12.2 Å². The van der Waals surface area contributed by atoms with Crippen molar-refractivity contribution in [2.45, 2.75) is 12.5 Å². The lowest BCUT2D eigenvalue weighted by atomic mass is 10.1. The van der Waals surface area contributed by atoms with Gasteiger partial charge in [-0.1, -0.05) is 12.2 Å². The lowest BCUT2D eigenvalue weighted by Gasteiger charge is -2.09. The Morgan fingerprint density at radius 1 is 1.89 bits per heavy atom. The average molecular weight is 128 g/mol. The molecule has 0 aliphatic carbocycles. The van der Waals surface area contributed by atoms with Crippen LogP contribution in [-0.4, -0.2) is 12.2 Å². The van der Waals surface area contributed by atoms with Crippen LogP contribution in [0.25, 0.3) is 0 Å². The van der Waals surface area contributed by atoms with Gasteiger partial charge in [0.05, 0.1) is 6.07 Å². The van der Waals surface area contributed by atoms with Crippen molar-refractivity contribution in [2.75, 3.05) is 6.67 Å². The molecule has 0 aromatic carbocycles. The van der Waals surface area contributed by atoms with Crippen LogP contribution in [0.2, 0.25) is 0 Å². The molecule has 1 unspecified atom stereocenters. The zero-order valence-corrected chi connectivity index (χ0v) is 5.26. The molecule has 3 heteroatoms. The van der Waals surface area contributed by atoms with E-state index < -0.39 is 12.2 Å². The van der Waals surface area contributed by atoms with E-state index in [1.54, 1.807) is 19.1 Å². The monoisotopic (exact) mass is 128 g/mol. The Morgan fingerprint density at radius 2 is 2.44 bits per heavy atom. The number of nitriles is 1. The van der Waals surface area contributed by atoms with Crippen LogP contribution in [0.5, 0.6) is 0 Å². The second kappa shape index (κ2) is 3.21. The van der Waals surface area contributed by atoms with E-state index in [1.807, 2.05) is 0 Å². The van der Waals surface area contributed by atoms with Gasteiger partial charge in [0, 0.05) is 0 Å². The minimum absolute atomic E-state index is 0.839. The number of nitrogens with two attached hydrogens (primary N) is 1. The number of hydrogen-bond acceptors (Lipinski definition) is 2. The van der Waals surface area contributed by atoms with Crippen molar-refractivity contribution in [3.8, 4) is 6.07 Å². The Morgan fingerprint density at radius 3 is 2.56 bits per heavy atom. The molecule has 0 aliphatic rings. The van der Waals surface area contributed by atoms with Gasteiger partial charge in [-0.15, -0.1) is 0 Å². The minimum atomic E-state index is -1.41. The molecule has 0 radical (unpaired) electrons. The lowest BCUT2D eigenvalue weighted by Crippen LogP contribution is -2.37. The average Bonchev–Trinajstić information content (AvgIpc) is 1.89. The van der Waals surface area contributed by atoms with Crippen LogP contribution in [0.3, 0.4) is 0 Å². The Kier molecular flexibility index (Phi) is 2.89. The van der Waals surface area contributed by atoms with Crippen LogP contribution in [0.4, 0.5) is 4.39 Å². The van der Waals surface area contributed by atoms with Gasteiger partial charge in [-0.05, 0) is 6.92 Å². The first-order chi connectivity index (χ1) is 4.18. The summed E-state index contributed by atoms with van der Waals surface area (Å²) in [5.41, 5.74) is 3.78. The zero-order chi connectivity index (χ0) is 7.33. The largest absolute Gasteiger partial charge is 0.308 e. The maximum Gasteiger partial charge on any atom is 0.151 e. The SMILES string of the molecule is CC=CC(N)(C#N)CF. The first-order valence-corrected chi connectivity index (χ1v) is 2.58. The molecule has 9 heavy (non-hydrogen) atoms. The third-order valence-corrected chi connectivity index (χ3v) is 0.893. The first-order valence-electron chi connectivity index (χ1n) is 2.58. The van der Waals surface area contributed by atoms with Crippen LogP contribution >= 0.6 is 0 Å². The summed E-state index contributed by atoms with van der Waals surface area (Å²) in [4.78, 5) is 0. The van der Waals surface area contributed by atoms with E-state index in [4.69, 9.17) is 11.0 Å². The number of alkyl halides is 1. The fourth-order valence-electron chi connectivity index (χ4n) is 0.409. The summed E-state index contributed by atoms with van der Waals surface area (Å²) in [6.07, 6.45) is 2.90. The number of allylic oxidation sites excluding steroid dienone is 1. The molecule has 2 N–H and O–H groups in total. The number of hydrogen-bond donors (Lipinski definition) is 1. The van der Waals surface area contributed by atoms with E-state index in [1.165, 1.54) is 6.08 Å². The minimum Gasteiger partial charge on any atom is -0.308 e. The van der Waals surface area contributed by atoms with Gasteiger partial charge >= 0.3 is 0 Å². The van der Waals surface area contributed by atoms with Crippen molar-refractivity contribution in [3.63, 3.8) is 0 Å². The molecule has 0 aliphatic heterocycles. The van der Waals surface area contributed by atoms with Gasteiger partial charge in [-0.25, -0.2) is 4.39 Å². The van der Waals surface area contributed by atoms with Crippen molar-refractivity contribution in [1.29, 1.82) is 5.26 Å². The van der Waals surface area contributed by atoms with E-state index in [2.05, 4.69) is 0 Å². The van der Waals surface area contributed by atoms with Gasteiger partial charge < -0.3 is 5.73 Å². The molecule has 0 aromatic rings. The normalized spacial score (nSPS) is 17.1. The van der Waals surface area contributed by atoms with Gasteiger partial charge in [-0.2, -0.15) is 5.26 Å². The molecule has 0 saturated heterocycles. The molecule has 0 rings (SSSR count). The molecular formula is C6H9FN2. The van der Waals surface area contributed by atoms with Gasteiger partial charge in [0.25, 0.3) is 0 Å². The Hall–Kier alpha value is -0.880. The van der Waals surface area contributed by atoms with Crippen molar-refractivity contribution in [1.82, 2.24) is 0 Å². The zero-order valence-electron chi connectivity index (χ0n) is 5.26. The summed E-state index contributed by atoms with van der Waals surface area (Å²) in [5, 5.41) is 8.25. The molecule has 1 atom stereocenters. The quantitative estimate of drug-likeness (QED) is 0.558. The van der Waals surface area contributed by atoms with Crippen LogP contribution in [-0.2, 0) is 0 Å². The lowest BCUT2D eigenvalue weighted by molar-refractivity contribution is 0.416. The second-order valence-corrected chi connectivity index (χ2v) is 1.79. The molecule has 0 amide bonds. The maximum absolute atomic E-state index is 11.8. The predicted octanol–water partition coefficient (Wildman–Crippen LogP) is 0.753. The summed E-state index contributed by atoms with van der Waals surface area (Å²) < 4.78 is 11.8. The van der Waals surface area contributed by atoms with Crippen molar-refractivity contribution < 1.29 is 4.39 Å². The molecule has 0 spiro atoms. The summed E-state index contributed by atoms with van der Waals surface area (Å²) in [5.74, 6) is 0. The van der Waals surface area contributed by atoms with Crippen LogP contribution < -0.4 is 5.73 Å². The third-order valence-electron chi connectivity index (χ3n) is 0.893. The molecular weight excluding hydrogens is 119 g/mol. The first kappa shape index (κ1) is 8.12. The predicted molar refractivity (Wildman–Crippen MR) is 33.3 cm³/mol. The van der Waals surface area contributed by atoms with Crippen LogP contribution in [0.15, 0.2) is 12.2 Å². The van der Waals surface area contributed by atoms with Crippen molar-refractivity contribution >= 4 is 0 Å². The molecule has 0 saturated carbocycles. The fourth-order valence-corrected chi connectivity index (χ4v) is 0.409. The molecule has 2 nitrogen and oxygen atoms in total. The maximum atomic E-state index is 11.8. The number of nitrogens with zero attached hydrogens (tertiary/aromatic N) is 1. The molecule has 0 fully saturated rings. The highest BCUT2D eigenvalue weighted by Crippen LogP contribution is 2.00. The number of rotatable bonds is 2. The Labute approximate surface area is 53.8 Å². The van der Waals surface area contributed by atoms with Crippen molar-refractivity contribution in [2.24, 2.45) is 5.73 Å². The topological polar surface area (TPSA) is 49.8 Å². The second-order valence-electron chi connectivity index (χ2n) is 1.79. The van der Waals surface area contributed by atoms with Gasteiger partial charge in [0.1, 0.15) is 6.67 Å². The van der Waals surface area contributed by atoms with E-state index >= 15 is 0 Å². The standard InChI is InChI=1S/C6H9FN2/c1-2-3-6(9,4-7)5-8/h2-3H,4,9H2,1H3. The Balaban J connectivity index is 4.14. The molecule has 0 aromatic heterocycles. The van der Waals surface area contributed by atoms with E-state index in [-0.39, 0.29) is 0 Å². The summed E-state index contributed by atoms with van der Waals surface area (Å²) in [6.45, 7) is 0.850. The third kappa shape index (κ3) is 2.24. The summed E-state index contributed by atoms with van der Waals surface area (Å²) in [7, 11) is 0. The van der Waals surface area contributed by atoms with Gasteiger partial charge in [0.15, 0.2) is 5.54 Å². The van der Waals surface area contributed by atoms with Gasteiger partial charge in [0.2, 0.25) is 0 Å². The highest BCUT2D eigenvalue weighted by Gasteiger charge is 2.19. The van der Waals surface area contributed by atoms with E-state index in [0.717, 1.165) is 0 Å². The molecule has 0 bridgehead atoms. The van der Waals surface area contributed by atoms with Crippen LogP contribution in [0, 0.1) is 11.3 Å². The van der Waals surface area contributed by atoms with E-state index in [0.29, 0.717) is 0 Å². The number of halogens is 1. The highest BCUT2D eigenvalue weighted by molar-refractivity contribution is 5.17. The molecule has 50 valence electrons. The smallest absolute Gasteiger partial charge is 0.151 e. The van der Waals surface area contributed by atoms with Crippen LogP contribution in [0.1, 0.15) is 6.92 Å².